The average Bonchev–Trinajstić information content (AvgIpc) is 2.74. The van der Waals surface area contributed by atoms with Crippen LogP contribution in [0, 0.1) is 7.05 Å². The third-order valence-electron chi connectivity index (χ3n) is 3.17. The molecule has 1 aromatic heterocycles. The fourth-order valence-corrected chi connectivity index (χ4v) is 3.17. The number of hydrogen-bond donors (Lipinski definition) is 0. The van der Waals surface area contributed by atoms with Crippen LogP contribution in [0.3, 0.4) is 0 Å². The van der Waals surface area contributed by atoms with Crippen LogP contribution in [-0.2, 0) is 0 Å². The monoisotopic (exact) mass is 231 g/mol. The first-order valence-electron chi connectivity index (χ1n) is 5.61. The highest BCUT2D eigenvalue weighted by Crippen LogP contribution is 2.33. The average molecular weight is 231 g/mol. The second-order valence-corrected chi connectivity index (χ2v) is 5.13. The summed E-state index contributed by atoms with van der Waals surface area (Å²) in [4.78, 5) is 4.62. The van der Waals surface area contributed by atoms with E-state index in [9.17, 15) is 0 Å². The lowest BCUT2D eigenvalue weighted by molar-refractivity contribution is 0.344. The molecule has 3 heteroatoms. The summed E-state index contributed by atoms with van der Waals surface area (Å²) in [5, 5.41) is 3.67. The highest BCUT2D eigenvalue weighted by Gasteiger charge is 2.14. The van der Waals surface area contributed by atoms with Gasteiger partial charge < -0.3 is 9.80 Å². The molecule has 1 saturated heterocycles. The Hall–Kier alpha value is -1.06. The first-order chi connectivity index (χ1) is 7.84. The van der Waals surface area contributed by atoms with Gasteiger partial charge in [0, 0.05) is 28.6 Å². The van der Waals surface area contributed by atoms with Crippen LogP contribution in [-0.4, -0.2) is 31.1 Å². The third-order valence-corrected chi connectivity index (χ3v) is 4.12. The fraction of sp³-hybridized carbons (Fsp3) is 0.308. The van der Waals surface area contributed by atoms with Gasteiger partial charge in [-0.1, -0.05) is 18.2 Å². The molecule has 2 heterocycles. The summed E-state index contributed by atoms with van der Waals surface area (Å²) in [6.45, 7) is 4.29. The standard InChI is InChI=1S/C13H15N2S/c1-14-6-8-15(9-7-14)12-10-16-13-5-3-2-4-11(12)13/h2-5,10H,1,6-9H2/q-1. The summed E-state index contributed by atoms with van der Waals surface area (Å²) < 4.78 is 1.38. The molecule has 0 N–H and O–H groups in total. The Bertz CT molecular complexity index is 483. The van der Waals surface area contributed by atoms with Gasteiger partial charge in [0.2, 0.25) is 0 Å². The van der Waals surface area contributed by atoms with Gasteiger partial charge in [0.15, 0.2) is 0 Å². The predicted molar refractivity (Wildman–Crippen MR) is 71.0 cm³/mol. The van der Waals surface area contributed by atoms with Crippen LogP contribution >= 0.6 is 11.3 Å². The molecular formula is C13H15N2S-. The van der Waals surface area contributed by atoms with Crippen LogP contribution in [0.25, 0.3) is 10.1 Å². The van der Waals surface area contributed by atoms with Gasteiger partial charge in [-0.05, 0) is 19.2 Å². The van der Waals surface area contributed by atoms with E-state index in [2.05, 4.69) is 46.5 Å². The number of benzene rings is 1. The van der Waals surface area contributed by atoms with Crippen molar-refractivity contribution in [2.45, 2.75) is 0 Å². The van der Waals surface area contributed by atoms with Crippen molar-refractivity contribution in [3.63, 3.8) is 0 Å². The van der Waals surface area contributed by atoms with E-state index in [0.717, 1.165) is 26.2 Å². The first kappa shape index (κ1) is 10.1. The van der Waals surface area contributed by atoms with E-state index < -0.39 is 0 Å². The molecule has 2 nitrogen and oxygen atoms in total. The van der Waals surface area contributed by atoms with Gasteiger partial charge in [-0.3, -0.25) is 7.05 Å². The molecule has 3 rings (SSSR count). The van der Waals surface area contributed by atoms with E-state index in [0.29, 0.717) is 0 Å². The minimum atomic E-state index is 1.06. The number of hydrogen-bond acceptors (Lipinski definition) is 3. The molecule has 0 aliphatic carbocycles. The van der Waals surface area contributed by atoms with Crippen LogP contribution in [0.5, 0.6) is 0 Å². The summed E-state index contributed by atoms with van der Waals surface area (Å²) in [6, 6.07) is 8.64. The normalized spacial score (nSPS) is 18.2. The minimum Gasteiger partial charge on any atom is -0.456 e. The molecule has 84 valence electrons. The maximum atomic E-state index is 3.98. The van der Waals surface area contributed by atoms with Crippen LogP contribution in [0.15, 0.2) is 29.6 Å². The highest BCUT2D eigenvalue weighted by atomic mass is 32.1. The number of anilines is 1. The lowest BCUT2D eigenvalue weighted by atomic mass is 10.2. The zero-order valence-corrected chi connectivity index (χ0v) is 10.0. The molecule has 1 aliphatic rings. The minimum absolute atomic E-state index is 1.06. The van der Waals surface area contributed by atoms with Crippen molar-refractivity contribution in [2.75, 3.05) is 31.1 Å². The van der Waals surface area contributed by atoms with Crippen molar-refractivity contribution < 1.29 is 0 Å². The lowest BCUT2D eigenvalue weighted by Crippen LogP contribution is -2.43. The molecule has 1 aromatic carbocycles. The van der Waals surface area contributed by atoms with Crippen LogP contribution in [0.4, 0.5) is 5.69 Å². The van der Waals surface area contributed by atoms with Crippen molar-refractivity contribution >= 4 is 27.1 Å². The molecule has 1 aliphatic heterocycles. The molecule has 1 fully saturated rings. The quantitative estimate of drug-likeness (QED) is 0.696. The number of nitrogens with zero attached hydrogens (tertiary/aromatic N) is 2. The fourth-order valence-electron chi connectivity index (χ4n) is 2.20. The molecule has 0 amide bonds. The Morgan fingerprint density at radius 2 is 1.81 bits per heavy atom. The Morgan fingerprint density at radius 3 is 2.62 bits per heavy atom. The zero-order chi connectivity index (χ0) is 11.0. The first-order valence-corrected chi connectivity index (χ1v) is 6.49. The molecule has 0 bridgehead atoms. The summed E-state index contributed by atoms with van der Waals surface area (Å²) in [6.07, 6.45) is 0. The second-order valence-electron chi connectivity index (χ2n) is 4.22. The van der Waals surface area contributed by atoms with Gasteiger partial charge in [-0.25, -0.2) is 0 Å². The predicted octanol–water partition coefficient (Wildman–Crippen LogP) is 2.81. The maximum Gasteiger partial charge on any atom is 0.0555 e. The summed E-state index contributed by atoms with van der Waals surface area (Å²) in [7, 11) is 3.98. The molecular weight excluding hydrogens is 216 g/mol. The van der Waals surface area contributed by atoms with Gasteiger partial charge in [0.05, 0.1) is 5.69 Å². The van der Waals surface area contributed by atoms with E-state index in [-0.39, 0.29) is 0 Å². The van der Waals surface area contributed by atoms with E-state index >= 15 is 0 Å². The van der Waals surface area contributed by atoms with E-state index in [1.54, 1.807) is 0 Å². The van der Waals surface area contributed by atoms with Crippen molar-refractivity contribution in [2.24, 2.45) is 0 Å². The lowest BCUT2D eigenvalue weighted by Gasteiger charge is -2.38. The smallest absolute Gasteiger partial charge is 0.0555 e. The van der Waals surface area contributed by atoms with Crippen molar-refractivity contribution in [1.29, 1.82) is 0 Å². The van der Waals surface area contributed by atoms with Gasteiger partial charge in [-0.15, -0.1) is 11.3 Å². The Balaban J connectivity index is 1.94. The molecule has 16 heavy (non-hydrogen) atoms. The van der Waals surface area contributed by atoms with Crippen molar-refractivity contribution in [3.05, 3.63) is 36.7 Å². The van der Waals surface area contributed by atoms with E-state index in [1.807, 2.05) is 11.3 Å². The second kappa shape index (κ2) is 4.07. The Labute approximate surface area is 100 Å². The van der Waals surface area contributed by atoms with Crippen molar-refractivity contribution in [1.82, 2.24) is 4.90 Å². The molecule has 2 aromatic rings. The van der Waals surface area contributed by atoms with E-state index in [1.165, 1.54) is 15.8 Å². The summed E-state index contributed by atoms with van der Waals surface area (Å²) >= 11 is 1.84. The number of piperazine rings is 1. The summed E-state index contributed by atoms with van der Waals surface area (Å²) in [5.41, 5.74) is 1.40. The van der Waals surface area contributed by atoms with Crippen LogP contribution in [0.2, 0.25) is 0 Å². The third kappa shape index (κ3) is 1.70. The zero-order valence-electron chi connectivity index (χ0n) is 9.22. The molecule has 0 radical (unpaired) electrons. The Morgan fingerprint density at radius 1 is 1.06 bits per heavy atom. The molecule has 0 atom stereocenters. The van der Waals surface area contributed by atoms with Gasteiger partial charge in [0.25, 0.3) is 0 Å². The maximum absolute atomic E-state index is 3.98. The summed E-state index contributed by atoms with van der Waals surface area (Å²) in [5.74, 6) is 0. The molecule has 0 saturated carbocycles. The topological polar surface area (TPSA) is 6.48 Å². The van der Waals surface area contributed by atoms with Crippen molar-refractivity contribution in [3.8, 4) is 0 Å². The van der Waals surface area contributed by atoms with Gasteiger partial charge in [0.1, 0.15) is 0 Å². The number of fused-ring (bicyclic) bond motifs is 1. The van der Waals surface area contributed by atoms with Gasteiger partial charge >= 0.3 is 0 Å². The Kier molecular flexibility index (Phi) is 2.58. The molecule has 0 spiro atoms. The largest absolute Gasteiger partial charge is 0.456 e. The molecule has 0 unspecified atom stereocenters. The number of thiophene rings is 1. The van der Waals surface area contributed by atoms with E-state index in [4.69, 9.17) is 0 Å². The number of rotatable bonds is 1. The van der Waals surface area contributed by atoms with Crippen LogP contribution in [0.1, 0.15) is 0 Å². The van der Waals surface area contributed by atoms with Crippen LogP contribution < -0.4 is 4.90 Å². The SMILES string of the molecule is [CH2-]N1CCN(c2csc3ccccc23)CC1. The highest BCUT2D eigenvalue weighted by molar-refractivity contribution is 7.17. The van der Waals surface area contributed by atoms with Gasteiger partial charge in [-0.2, -0.15) is 0 Å².